The number of anilines is 1. The molecule has 1 aliphatic rings. The highest BCUT2D eigenvalue weighted by Gasteiger charge is 2.26. The van der Waals surface area contributed by atoms with Crippen molar-refractivity contribution in [2.24, 2.45) is 0 Å². The molecule has 0 saturated carbocycles. The number of hydrogen-bond donors (Lipinski definition) is 1. The van der Waals surface area contributed by atoms with Gasteiger partial charge in [0, 0.05) is 52.0 Å². The summed E-state index contributed by atoms with van der Waals surface area (Å²) in [6.07, 6.45) is 0.620. The lowest BCUT2D eigenvalue weighted by atomic mass is 10.0. The van der Waals surface area contributed by atoms with E-state index in [9.17, 15) is 9.90 Å². The van der Waals surface area contributed by atoms with Crippen molar-refractivity contribution in [1.82, 2.24) is 9.80 Å². The Morgan fingerprint density at radius 1 is 1.11 bits per heavy atom. The van der Waals surface area contributed by atoms with Crippen LogP contribution in [0.1, 0.15) is 28.4 Å². The highest BCUT2D eigenvalue weighted by molar-refractivity contribution is 5.94. The molecule has 1 amide bonds. The molecule has 2 aromatic rings. The van der Waals surface area contributed by atoms with Crippen LogP contribution >= 0.6 is 0 Å². The average molecular weight is 367 g/mol. The summed E-state index contributed by atoms with van der Waals surface area (Å²) in [6.45, 7) is 2.51. The van der Waals surface area contributed by atoms with Gasteiger partial charge in [-0.2, -0.15) is 0 Å². The highest BCUT2D eigenvalue weighted by Crippen LogP contribution is 2.28. The fourth-order valence-corrected chi connectivity index (χ4v) is 3.63. The normalized spacial score (nSPS) is 18.3. The third-order valence-electron chi connectivity index (χ3n) is 5.26. The minimum absolute atomic E-state index is 0.00914. The van der Waals surface area contributed by atoms with Gasteiger partial charge in [0.05, 0.1) is 12.1 Å². The van der Waals surface area contributed by atoms with Gasteiger partial charge < -0.3 is 14.9 Å². The zero-order valence-electron chi connectivity index (χ0n) is 16.4. The third-order valence-corrected chi connectivity index (χ3v) is 5.26. The number of amides is 1. The first-order valence-corrected chi connectivity index (χ1v) is 9.45. The predicted molar refractivity (Wildman–Crippen MR) is 109 cm³/mol. The fourth-order valence-electron chi connectivity index (χ4n) is 3.63. The van der Waals surface area contributed by atoms with Gasteiger partial charge in [-0.1, -0.05) is 30.3 Å². The molecule has 2 aromatic carbocycles. The molecule has 0 bridgehead atoms. The molecule has 1 aliphatic heterocycles. The quantitative estimate of drug-likeness (QED) is 0.853. The van der Waals surface area contributed by atoms with Gasteiger partial charge in [0.25, 0.3) is 5.91 Å². The topological polar surface area (TPSA) is 47.0 Å². The summed E-state index contributed by atoms with van der Waals surface area (Å²) in [7, 11) is 5.61. The number of aliphatic hydroxyl groups excluding tert-OH is 1. The Kier molecular flexibility index (Phi) is 6.14. The Bertz CT molecular complexity index is 746. The second-order valence-electron chi connectivity index (χ2n) is 7.49. The van der Waals surface area contributed by atoms with Crippen molar-refractivity contribution in [3.63, 3.8) is 0 Å². The summed E-state index contributed by atoms with van der Waals surface area (Å²) in [5.74, 6) is 0.00914. The second kappa shape index (κ2) is 8.55. The van der Waals surface area contributed by atoms with Crippen LogP contribution in [0.4, 0.5) is 5.69 Å². The summed E-state index contributed by atoms with van der Waals surface area (Å²) >= 11 is 0. The Labute approximate surface area is 161 Å². The Morgan fingerprint density at radius 2 is 1.78 bits per heavy atom. The van der Waals surface area contributed by atoms with Gasteiger partial charge in [-0.3, -0.25) is 9.69 Å². The number of benzene rings is 2. The summed E-state index contributed by atoms with van der Waals surface area (Å²) < 4.78 is 0. The van der Waals surface area contributed by atoms with Crippen molar-refractivity contribution in [2.75, 3.05) is 45.7 Å². The fraction of sp³-hybridized carbons (Fsp3) is 0.409. The number of β-amino-alcohol motifs (C(OH)–C–C–N with tert-alkyl or cyclic N) is 1. The van der Waals surface area contributed by atoms with Gasteiger partial charge in [0.15, 0.2) is 0 Å². The predicted octanol–water partition coefficient (Wildman–Crippen LogP) is 2.63. The Balaban J connectivity index is 1.82. The first kappa shape index (κ1) is 19.4. The Morgan fingerprint density at radius 3 is 2.33 bits per heavy atom. The molecule has 1 heterocycles. The monoisotopic (exact) mass is 367 g/mol. The van der Waals surface area contributed by atoms with Gasteiger partial charge in [-0.25, -0.2) is 0 Å². The number of likely N-dealkylation sites (N-methyl/N-ethyl adjacent to an activating group) is 1. The van der Waals surface area contributed by atoms with Crippen LogP contribution in [0.3, 0.4) is 0 Å². The molecule has 0 spiro atoms. The first-order valence-electron chi connectivity index (χ1n) is 9.45. The van der Waals surface area contributed by atoms with Crippen LogP contribution in [0, 0.1) is 0 Å². The van der Waals surface area contributed by atoms with Crippen LogP contribution in [0.15, 0.2) is 54.6 Å². The summed E-state index contributed by atoms with van der Waals surface area (Å²) in [4.78, 5) is 18.3. The molecule has 5 heteroatoms. The largest absolute Gasteiger partial charge is 0.392 e. The van der Waals surface area contributed by atoms with Crippen LogP contribution in [0.2, 0.25) is 0 Å². The maximum atomic E-state index is 12.1. The third kappa shape index (κ3) is 4.67. The first-order chi connectivity index (χ1) is 13.0. The minimum atomic E-state index is -0.219. The molecule has 1 saturated heterocycles. The number of hydrogen-bond acceptors (Lipinski definition) is 4. The van der Waals surface area contributed by atoms with Gasteiger partial charge in [0.1, 0.15) is 0 Å². The zero-order chi connectivity index (χ0) is 19.4. The van der Waals surface area contributed by atoms with Crippen molar-refractivity contribution < 1.29 is 9.90 Å². The van der Waals surface area contributed by atoms with Gasteiger partial charge in [-0.05, 0) is 36.2 Å². The Hall–Kier alpha value is -2.37. The minimum Gasteiger partial charge on any atom is -0.392 e. The van der Waals surface area contributed by atoms with Crippen LogP contribution in [-0.2, 0) is 0 Å². The van der Waals surface area contributed by atoms with E-state index in [1.165, 1.54) is 5.56 Å². The average Bonchev–Trinajstić information content (AvgIpc) is 3.10. The van der Waals surface area contributed by atoms with Crippen LogP contribution in [0.25, 0.3) is 0 Å². The number of nitrogens with zero attached hydrogens (tertiary/aromatic N) is 3. The maximum Gasteiger partial charge on any atom is 0.253 e. The van der Waals surface area contributed by atoms with Crippen LogP contribution in [-0.4, -0.2) is 67.7 Å². The molecule has 1 fully saturated rings. The molecule has 0 aromatic heterocycles. The molecule has 5 nitrogen and oxygen atoms in total. The molecule has 2 atom stereocenters. The van der Waals surface area contributed by atoms with Crippen molar-refractivity contribution >= 4 is 11.6 Å². The molecular weight excluding hydrogens is 338 g/mol. The van der Waals surface area contributed by atoms with Crippen molar-refractivity contribution in [3.05, 3.63) is 65.7 Å². The number of carbonyl (C=O) groups is 1. The van der Waals surface area contributed by atoms with E-state index >= 15 is 0 Å². The molecule has 3 rings (SSSR count). The van der Waals surface area contributed by atoms with E-state index < -0.39 is 0 Å². The zero-order valence-corrected chi connectivity index (χ0v) is 16.4. The van der Waals surface area contributed by atoms with Crippen molar-refractivity contribution in [2.45, 2.75) is 18.6 Å². The molecule has 0 radical (unpaired) electrons. The molecule has 1 N–H and O–H groups in total. The van der Waals surface area contributed by atoms with E-state index in [2.05, 4.69) is 41.1 Å². The maximum absolute atomic E-state index is 12.1. The SMILES string of the molecule is CN(C)C(=O)c1ccc(N(C)C(CN2CCC(O)C2)c2ccccc2)cc1. The van der Waals surface area contributed by atoms with Crippen LogP contribution < -0.4 is 4.90 Å². The molecule has 27 heavy (non-hydrogen) atoms. The van der Waals surface area contributed by atoms with E-state index in [1.807, 2.05) is 30.3 Å². The molecule has 144 valence electrons. The summed E-state index contributed by atoms with van der Waals surface area (Å²) in [5, 5.41) is 9.87. The van der Waals surface area contributed by atoms with Crippen molar-refractivity contribution in [3.8, 4) is 0 Å². The summed E-state index contributed by atoms with van der Waals surface area (Å²) in [6, 6.07) is 18.4. The van der Waals surface area contributed by atoms with Crippen molar-refractivity contribution in [1.29, 1.82) is 0 Å². The lowest BCUT2D eigenvalue weighted by molar-refractivity contribution is 0.0827. The lowest BCUT2D eigenvalue weighted by Crippen LogP contribution is -2.36. The number of aliphatic hydroxyl groups is 1. The van der Waals surface area contributed by atoms with E-state index in [0.29, 0.717) is 5.56 Å². The van der Waals surface area contributed by atoms with E-state index in [0.717, 1.165) is 31.7 Å². The number of likely N-dealkylation sites (tertiary alicyclic amines) is 1. The standard InChI is InChI=1S/C22H29N3O2/c1-23(2)22(27)18-9-11-19(12-10-18)24(3)21(17-7-5-4-6-8-17)16-25-14-13-20(26)15-25/h4-12,20-21,26H,13-16H2,1-3H3. The molecule has 0 aliphatic carbocycles. The summed E-state index contributed by atoms with van der Waals surface area (Å²) in [5.41, 5.74) is 3.00. The van der Waals surface area contributed by atoms with Crippen LogP contribution in [0.5, 0.6) is 0 Å². The number of carbonyl (C=O) groups excluding carboxylic acids is 1. The highest BCUT2D eigenvalue weighted by atomic mass is 16.3. The molecule has 2 unspecified atom stereocenters. The lowest BCUT2D eigenvalue weighted by Gasteiger charge is -2.33. The van der Waals surface area contributed by atoms with Gasteiger partial charge >= 0.3 is 0 Å². The molecular formula is C22H29N3O2. The van der Waals surface area contributed by atoms with E-state index in [1.54, 1.807) is 19.0 Å². The van der Waals surface area contributed by atoms with Gasteiger partial charge in [0.2, 0.25) is 0 Å². The van der Waals surface area contributed by atoms with E-state index in [4.69, 9.17) is 0 Å². The van der Waals surface area contributed by atoms with Gasteiger partial charge in [-0.15, -0.1) is 0 Å². The second-order valence-corrected chi connectivity index (χ2v) is 7.49. The van der Waals surface area contributed by atoms with E-state index in [-0.39, 0.29) is 18.1 Å². The smallest absolute Gasteiger partial charge is 0.253 e. The number of rotatable bonds is 6.